The smallest absolute Gasteiger partial charge is 0.222 e. The number of benzene rings is 1. The number of nitrogens with two attached hydrogens (primary N) is 1. The average Bonchev–Trinajstić information content (AvgIpc) is 2.86. The van der Waals surface area contributed by atoms with Crippen molar-refractivity contribution < 1.29 is 4.52 Å². The molecule has 0 aliphatic rings. The Bertz CT molecular complexity index is 658. The SMILES string of the molecule is Nc1cc(-c2ccc3c(Cl)[nH]nc3c2)no1. The van der Waals surface area contributed by atoms with Gasteiger partial charge in [0.15, 0.2) is 0 Å². The predicted molar refractivity (Wildman–Crippen MR) is 61.0 cm³/mol. The van der Waals surface area contributed by atoms with Crippen molar-refractivity contribution in [2.24, 2.45) is 0 Å². The highest BCUT2D eigenvalue weighted by Crippen LogP contribution is 2.26. The minimum atomic E-state index is 0.287. The predicted octanol–water partition coefficient (Wildman–Crippen LogP) is 2.45. The standard InChI is InChI=1S/C10H7ClN4O/c11-10-6-2-1-5(3-8(6)13-14-10)7-4-9(12)16-15-7/h1-4H,12H2,(H,13,14). The van der Waals surface area contributed by atoms with Gasteiger partial charge in [0, 0.05) is 17.0 Å². The number of hydrogen-bond acceptors (Lipinski definition) is 4. The first kappa shape index (κ1) is 9.23. The Labute approximate surface area is 95.2 Å². The summed E-state index contributed by atoms with van der Waals surface area (Å²) < 4.78 is 4.81. The maximum Gasteiger partial charge on any atom is 0.222 e. The largest absolute Gasteiger partial charge is 0.368 e. The molecule has 0 radical (unpaired) electrons. The lowest BCUT2D eigenvalue weighted by atomic mass is 10.1. The van der Waals surface area contributed by atoms with E-state index < -0.39 is 0 Å². The van der Waals surface area contributed by atoms with E-state index in [1.807, 2.05) is 18.2 Å². The summed E-state index contributed by atoms with van der Waals surface area (Å²) in [5.41, 5.74) is 7.81. The van der Waals surface area contributed by atoms with Crippen LogP contribution in [0.2, 0.25) is 5.15 Å². The lowest BCUT2D eigenvalue weighted by Crippen LogP contribution is -1.78. The van der Waals surface area contributed by atoms with Crippen molar-refractivity contribution in [3.8, 4) is 11.3 Å². The number of H-pyrrole nitrogens is 1. The van der Waals surface area contributed by atoms with Crippen LogP contribution >= 0.6 is 11.6 Å². The molecule has 0 unspecified atom stereocenters. The van der Waals surface area contributed by atoms with E-state index in [1.54, 1.807) is 6.07 Å². The minimum Gasteiger partial charge on any atom is -0.368 e. The highest BCUT2D eigenvalue weighted by Gasteiger charge is 2.08. The van der Waals surface area contributed by atoms with Crippen LogP contribution in [0.5, 0.6) is 0 Å². The molecular formula is C10H7ClN4O. The molecule has 1 aromatic carbocycles. The van der Waals surface area contributed by atoms with E-state index in [4.69, 9.17) is 21.9 Å². The van der Waals surface area contributed by atoms with E-state index in [1.165, 1.54) is 0 Å². The van der Waals surface area contributed by atoms with Gasteiger partial charge in [-0.2, -0.15) is 5.10 Å². The number of hydrogen-bond donors (Lipinski definition) is 2. The number of fused-ring (bicyclic) bond motifs is 1. The Morgan fingerprint density at radius 1 is 1.31 bits per heavy atom. The fourth-order valence-electron chi connectivity index (χ4n) is 1.56. The van der Waals surface area contributed by atoms with Gasteiger partial charge in [0.05, 0.1) is 5.52 Å². The normalized spacial score (nSPS) is 11.1. The summed E-state index contributed by atoms with van der Waals surface area (Å²) >= 11 is 5.90. The second kappa shape index (κ2) is 3.24. The summed E-state index contributed by atoms with van der Waals surface area (Å²) in [5, 5.41) is 12.0. The molecule has 0 bridgehead atoms. The molecule has 16 heavy (non-hydrogen) atoms. The third-order valence-corrected chi connectivity index (χ3v) is 2.62. The number of anilines is 1. The second-order valence-electron chi connectivity index (χ2n) is 3.38. The first-order chi connectivity index (χ1) is 7.74. The Hall–Kier alpha value is -2.01. The van der Waals surface area contributed by atoms with Crippen LogP contribution in [-0.2, 0) is 0 Å². The van der Waals surface area contributed by atoms with Crippen LogP contribution in [0.3, 0.4) is 0 Å². The lowest BCUT2D eigenvalue weighted by Gasteiger charge is -1.94. The van der Waals surface area contributed by atoms with Crippen LogP contribution in [0.4, 0.5) is 5.88 Å². The second-order valence-corrected chi connectivity index (χ2v) is 3.76. The number of nitrogens with one attached hydrogen (secondary N) is 1. The van der Waals surface area contributed by atoms with Gasteiger partial charge in [0.1, 0.15) is 10.8 Å². The van der Waals surface area contributed by atoms with Crippen molar-refractivity contribution in [3.05, 3.63) is 29.4 Å². The van der Waals surface area contributed by atoms with Crippen LogP contribution in [0, 0.1) is 0 Å². The molecule has 0 atom stereocenters. The maximum atomic E-state index is 5.90. The molecule has 3 rings (SSSR count). The molecule has 0 aliphatic heterocycles. The molecule has 0 spiro atoms. The van der Waals surface area contributed by atoms with Crippen molar-refractivity contribution in [2.45, 2.75) is 0 Å². The monoisotopic (exact) mass is 234 g/mol. The summed E-state index contributed by atoms with van der Waals surface area (Å²) in [4.78, 5) is 0. The highest BCUT2D eigenvalue weighted by molar-refractivity contribution is 6.34. The van der Waals surface area contributed by atoms with E-state index in [0.29, 0.717) is 10.8 Å². The number of halogens is 1. The van der Waals surface area contributed by atoms with Gasteiger partial charge in [-0.25, -0.2) is 0 Å². The minimum absolute atomic E-state index is 0.287. The molecule has 3 aromatic rings. The molecule has 0 amide bonds. The summed E-state index contributed by atoms with van der Waals surface area (Å²) in [7, 11) is 0. The third-order valence-electron chi connectivity index (χ3n) is 2.33. The van der Waals surface area contributed by atoms with E-state index in [-0.39, 0.29) is 5.88 Å². The summed E-state index contributed by atoms with van der Waals surface area (Å²) in [6, 6.07) is 7.30. The molecule has 0 saturated carbocycles. The van der Waals surface area contributed by atoms with Crippen molar-refractivity contribution >= 4 is 28.4 Å². The number of nitrogen functional groups attached to an aromatic ring is 1. The molecule has 2 aromatic heterocycles. The number of aromatic amines is 1. The van der Waals surface area contributed by atoms with Gasteiger partial charge in [0.25, 0.3) is 0 Å². The zero-order valence-corrected chi connectivity index (χ0v) is 8.82. The van der Waals surface area contributed by atoms with Crippen LogP contribution < -0.4 is 5.73 Å². The Kier molecular flexibility index (Phi) is 1.87. The van der Waals surface area contributed by atoms with E-state index in [0.717, 1.165) is 16.5 Å². The molecule has 3 N–H and O–H groups in total. The van der Waals surface area contributed by atoms with Crippen molar-refractivity contribution in [1.29, 1.82) is 0 Å². The Balaban J connectivity index is 2.18. The Morgan fingerprint density at radius 2 is 2.19 bits per heavy atom. The molecule has 2 heterocycles. The lowest BCUT2D eigenvalue weighted by molar-refractivity contribution is 0.439. The fourth-order valence-corrected chi connectivity index (χ4v) is 1.77. The fraction of sp³-hybridized carbons (Fsp3) is 0. The molecular weight excluding hydrogens is 228 g/mol. The van der Waals surface area contributed by atoms with Gasteiger partial charge in [-0.1, -0.05) is 22.8 Å². The zero-order chi connectivity index (χ0) is 11.1. The van der Waals surface area contributed by atoms with Gasteiger partial charge >= 0.3 is 0 Å². The van der Waals surface area contributed by atoms with Gasteiger partial charge in [-0.3, -0.25) is 5.10 Å². The van der Waals surface area contributed by atoms with Gasteiger partial charge in [0.2, 0.25) is 5.88 Å². The molecule has 80 valence electrons. The third kappa shape index (κ3) is 1.33. The van der Waals surface area contributed by atoms with Crippen LogP contribution in [-0.4, -0.2) is 15.4 Å². The summed E-state index contributed by atoms with van der Waals surface area (Å²) in [6.07, 6.45) is 0. The molecule has 5 nitrogen and oxygen atoms in total. The average molecular weight is 235 g/mol. The molecule has 6 heteroatoms. The van der Waals surface area contributed by atoms with E-state index in [9.17, 15) is 0 Å². The summed E-state index contributed by atoms with van der Waals surface area (Å²) in [6.45, 7) is 0. The zero-order valence-electron chi connectivity index (χ0n) is 8.07. The number of nitrogens with zero attached hydrogens (tertiary/aromatic N) is 2. The van der Waals surface area contributed by atoms with Gasteiger partial charge in [-0.15, -0.1) is 0 Å². The number of rotatable bonds is 1. The molecule has 0 fully saturated rings. The Morgan fingerprint density at radius 3 is 2.94 bits per heavy atom. The van der Waals surface area contributed by atoms with E-state index >= 15 is 0 Å². The first-order valence-corrected chi connectivity index (χ1v) is 4.98. The van der Waals surface area contributed by atoms with Crippen molar-refractivity contribution in [1.82, 2.24) is 15.4 Å². The summed E-state index contributed by atoms with van der Waals surface area (Å²) in [5.74, 6) is 0.287. The van der Waals surface area contributed by atoms with Gasteiger partial charge in [-0.05, 0) is 12.1 Å². The topological polar surface area (TPSA) is 80.7 Å². The van der Waals surface area contributed by atoms with E-state index in [2.05, 4.69) is 15.4 Å². The first-order valence-electron chi connectivity index (χ1n) is 4.60. The van der Waals surface area contributed by atoms with Crippen molar-refractivity contribution in [3.63, 3.8) is 0 Å². The van der Waals surface area contributed by atoms with Crippen molar-refractivity contribution in [2.75, 3.05) is 5.73 Å². The maximum absolute atomic E-state index is 5.90. The van der Waals surface area contributed by atoms with Crippen LogP contribution in [0.15, 0.2) is 28.8 Å². The van der Waals surface area contributed by atoms with Gasteiger partial charge < -0.3 is 10.3 Å². The molecule has 0 saturated heterocycles. The van der Waals surface area contributed by atoms with Crippen LogP contribution in [0.25, 0.3) is 22.2 Å². The van der Waals surface area contributed by atoms with Crippen LogP contribution in [0.1, 0.15) is 0 Å². The molecule has 0 aliphatic carbocycles. The quantitative estimate of drug-likeness (QED) is 0.678. The number of aromatic nitrogens is 3. The highest BCUT2D eigenvalue weighted by atomic mass is 35.5.